The fraction of sp³-hybridized carbons (Fsp3) is 0.0769. The first kappa shape index (κ1) is 15.5. The number of hydrogen-bond acceptors (Lipinski definition) is 3. The molecule has 3 N–H and O–H groups in total. The van der Waals surface area contributed by atoms with Crippen LogP contribution in [-0.4, -0.2) is 8.42 Å². The first-order valence-electron chi connectivity index (χ1n) is 5.74. The Morgan fingerprint density at radius 1 is 1.19 bits per heavy atom. The summed E-state index contributed by atoms with van der Waals surface area (Å²) in [5.41, 5.74) is 5.96. The molecule has 0 saturated carbocycles. The Morgan fingerprint density at radius 2 is 1.86 bits per heavy atom. The molecule has 21 heavy (non-hydrogen) atoms. The standard InChI is InChI=1S/C13H11ClF2N2O2S/c1-7-2-3-8(15)4-11(7)18-21(19,20)12-6-9(17)5-10(14)13(12)16/h2-6,18H,17H2,1H3. The van der Waals surface area contributed by atoms with Crippen LogP contribution in [0, 0.1) is 18.6 Å². The van der Waals surface area contributed by atoms with E-state index in [1.54, 1.807) is 6.92 Å². The Morgan fingerprint density at radius 3 is 2.52 bits per heavy atom. The lowest BCUT2D eigenvalue weighted by Crippen LogP contribution is -2.16. The highest BCUT2D eigenvalue weighted by Gasteiger charge is 2.22. The molecule has 0 fully saturated rings. The average molecular weight is 333 g/mol. The second-order valence-electron chi connectivity index (χ2n) is 4.38. The second kappa shape index (κ2) is 5.50. The molecule has 0 aromatic heterocycles. The Labute approximate surface area is 125 Å². The molecule has 0 amide bonds. The van der Waals surface area contributed by atoms with E-state index in [0.29, 0.717) is 5.56 Å². The summed E-state index contributed by atoms with van der Waals surface area (Å²) in [5.74, 6) is -1.74. The molecule has 2 aromatic carbocycles. The van der Waals surface area contributed by atoms with E-state index < -0.39 is 31.6 Å². The van der Waals surface area contributed by atoms with Gasteiger partial charge in [0.05, 0.1) is 10.7 Å². The third kappa shape index (κ3) is 3.25. The van der Waals surface area contributed by atoms with Gasteiger partial charge < -0.3 is 5.73 Å². The van der Waals surface area contributed by atoms with Crippen LogP contribution in [0.15, 0.2) is 35.2 Å². The lowest BCUT2D eigenvalue weighted by atomic mass is 10.2. The maximum Gasteiger partial charge on any atom is 0.264 e. The summed E-state index contributed by atoms with van der Waals surface area (Å²) >= 11 is 5.58. The van der Waals surface area contributed by atoms with E-state index in [0.717, 1.165) is 18.2 Å². The monoisotopic (exact) mass is 332 g/mol. The molecule has 2 aromatic rings. The Balaban J connectivity index is 2.51. The highest BCUT2D eigenvalue weighted by molar-refractivity contribution is 7.92. The molecular weight excluding hydrogens is 322 g/mol. The quantitative estimate of drug-likeness (QED) is 0.847. The number of rotatable bonds is 3. The van der Waals surface area contributed by atoms with Gasteiger partial charge >= 0.3 is 0 Å². The topological polar surface area (TPSA) is 72.2 Å². The average Bonchev–Trinajstić information content (AvgIpc) is 2.37. The summed E-state index contributed by atoms with van der Waals surface area (Å²) in [6, 6.07) is 5.63. The van der Waals surface area contributed by atoms with Gasteiger partial charge in [0.2, 0.25) is 0 Å². The molecule has 0 aliphatic heterocycles. The van der Waals surface area contributed by atoms with Crippen molar-refractivity contribution in [1.82, 2.24) is 0 Å². The molecule has 0 spiro atoms. The SMILES string of the molecule is Cc1ccc(F)cc1NS(=O)(=O)c1cc(N)cc(Cl)c1F. The van der Waals surface area contributed by atoms with E-state index in [9.17, 15) is 17.2 Å². The van der Waals surface area contributed by atoms with Crippen LogP contribution >= 0.6 is 11.6 Å². The van der Waals surface area contributed by atoms with Crippen molar-refractivity contribution >= 4 is 33.0 Å². The zero-order valence-electron chi connectivity index (χ0n) is 10.8. The van der Waals surface area contributed by atoms with Gasteiger partial charge in [0.15, 0.2) is 5.82 Å². The van der Waals surface area contributed by atoms with Gasteiger partial charge in [0.1, 0.15) is 10.7 Å². The number of nitrogens with one attached hydrogen (secondary N) is 1. The molecule has 112 valence electrons. The Bertz CT molecular complexity index is 810. The zero-order chi connectivity index (χ0) is 15.8. The van der Waals surface area contributed by atoms with Crippen molar-refractivity contribution in [2.75, 3.05) is 10.5 Å². The lowest BCUT2D eigenvalue weighted by Gasteiger charge is -2.12. The summed E-state index contributed by atoms with van der Waals surface area (Å²) in [6.45, 7) is 1.58. The number of anilines is 2. The zero-order valence-corrected chi connectivity index (χ0v) is 12.4. The summed E-state index contributed by atoms with van der Waals surface area (Å²) in [5, 5.41) is -0.411. The van der Waals surface area contributed by atoms with Crippen LogP contribution in [0.1, 0.15) is 5.56 Å². The highest BCUT2D eigenvalue weighted by atomic mass is 35.5. The van der Waals surface area contributed by atoms with Gasteiger partial charge in [-0.3, -0.25) is 4.72 Å². The molecule has 0 aliphatic rings. The van der Waals surface area contributed by atoms with Crippen molar-refractivity contribution in [3.63, 3.8) is 0 Å². The van der Waals surface area contributed by atoms with Crippen LogP contribution in [0.25, 0.3) is 0 Å². The third-order valence-corrected chi connectivity index (χ3v) is 4.39. The van der Waals surface area contributed by atoms with E-state index in [1.165, 1.54) is 12.1 Å². The van der Waals surface area contributed by atoms with Crippen molar-refractivity contribution in [3.8, 4) is 0 Å². The maximum atomic E-state index is 13.9. The minimum atomic E-state index is -4.28. The van der Waals surface area contributed by atoms with E-state index in [2.05, 4.69) is 4.72 Å². The summed E-state index contributed by atoms with van der Waals surface area (Å²) < 4.78 is 53.6. The maximum absolute atomic E-state index is 13.9. The fourth-order valence-electron chi connectivity index (χ4n) is 1.68. The normalized spacial score (nSPS) is 11.4. The van der Waals surface area contributed by atoms with Gasteiger partial charge in [0.25, 0.3) is 10.0 Å². The van der Waals surface area contributed by atoms with Crippen LogP contribution in [0.5, 0.6) is 0 Å². The fourth-order valence-corrected chi connectivity index (χ4v) is 3.22. The number of benzene rings is 2. The molecule has 4 nitrogen and oxygen atoms in total. The van der Waals surface area contributed by atoms with Crippen LogP contribution in [-0.2, 0) is 10.0 Å². The predicted octanol–water partition coefficient (Wildman–Crippen LogP) is 3.31. The number of nitrogens with two attached hydrogens (primary N) is 1. The predicted molar refractivity (Wildman–Crippen MR) is 77.8 cm³/mol. The minimum Gasteiger partial charge on any atom is -0.399 e. The smallest absolute Gasteiger partial charge is 0.264 e. The van der Waals surface area contributed by atoms with Crippen molar-refractivity contribution in [1.29, 1.82) is 0 Å². The van der Waals surface area contributed by atoms with Crippen molar-refractivity contribution in [3.05, 3.63) is 52.6 Å². The van der Waals surface area contributed by atoms with Gasteiger partial charge in [-0.25, -0.2) is 17.2 Å². The van der Waals surface area contributed by atoms with Crippen LogP contribution in [0.3, 0.4) is 0 Å². The Kier molecular flexibility index (Phi) is 4.06. The van der Waals surface area contributed by atoms with E-state index in [4.69, 9.17) is 17.3 Å². The van der Waals surface area contributed by atoms with Crippen molar-refractivity contribution in [2.24, 2.45) is 0 Å². The number of hydrogen-bond donors (Lipinski definition) is 2. The molecule has 0 heterocycles. The van der Waals surface area contributed by atoms with E-state index in [-0.39, 0.29) is 11.4 Å². The molecule has 2 rings (SSSR count). The third-order valence-electron chi connectivity index (χ3n) is 2.75. The summed E-state index contributed by atoms with van der Waals surface area (Å²) in [4.78, 5) is -0.698. The van der Waals surface area contributed by atoms with Crippen LogP contribution in [0.2, 0.25) is 5.02 Å². The van der Waals surface area contributed by atoms with Crippen LogP contribution < -0.4 is 10.5 Å². The lowest BCUT2D eigenvalue weighted by molar-refractivity contribution is 0.570. The van der Waals surface area contributed by atoms with Crippen molar-refractivity contribution < 1.29 is 17.2 Å². The molecule has 0 bridgehead atoms. The second-order valence-corrected chi connectivity index (χ2v) is 6.44. The van der Waals surface area contributed by atoms with Gasteiger partial charge in [0, 0.05) is 5.69 Å². The molecule has 0 radical (unpaired) electrons. The molecule has 0 aliphatic carbocycles. The molecular formula is C13H11ClF2N2O2S. The summed E-state index contributed by atoms with van der Waals surface area (Å²) in [7, 11) is -4.28. The summed E-state index contributed by atoms with van der Waals surface area (Å²) in [6.07, 6.45) is 0. The van der Waals surface area contributed by atoms with Crippen LogP contribution in [0.4, 0.5) is 20.2 Å². The van der Waals surface area contributed by atoms with Crippen molar-refractivity contribution in [2.45, 2.75) is 11.8 Å². The first-order valence-corrected chi connectivity index (χ1v) is 7.60. The molecule has 0 unspecified atom stereocenters. The van der Waals surface area contributed by atoms with Gasteiger partial charge in [-0.15, -0.1) is 0 Å². The number of aryl methyl sites for hydroxylation is 1. The van der Waals surface area contributed by atoms with E-state index >= 15 is 0 Å². The van der Waals surface area contributed by atoms with Gasteiger partial charge in [-0.2, -0.15) is 0 Å². The highest BCUT2D eigenvalue weighted by Crippen LogP contribution is 2.28. The minimum absolute atomic E-state index is 0.00209. The molecule has 0 saturated heterocycles. The number of nitrogen functional groups attached to an aromatic ring is 1. The largest absolute Gasteiger partial charge is 0.399 e. The van der Waals surface area contributed by atoms with Gasteiger partial charge in [-0.1, -0.05) is 17.7 Å². The first-order chi connectivity index (χ1) is 9.70. The Hall–Kier alpha value is -1.86. The number of halogens is 3. The molecule has 8 heteroatoms. The number of sulfonamides is 1. The molecule has 0 atom stereocenters. The van der Waals surface area contributed by atoms with E-state index in [1.807, 2.05) is 0 Å². The van der Waals surface area contributed by atoms with Gasteiger partial charge in [-0.05, 0) is 36.8 Å².